The minimum absolute atomic E-state index is 0.0188. The molecule has 1 aliphatic rings. The van der Waals surface area contributed by atoms with Gasteiger partial charge in [-0.25, -0.2) is 9.67 Å². The van der Waals surface area contributed by atoms with Gasteiger partial charge in [0.2, 0.25) is 5.91 Å². The summed E-state index contributed by atoms with van der Waals surface area (Å²) < 4.78 is 7.17. The van der Waals surface area contributed by atoms with E-state index in [1.54, 1.807) is 12.5 Å². The lowest BCUT2D eigenvalue weighted by molar-refractivity contribution is -0.122. The Labute approximate surface area is 145 Å². The summed E-state index contributed by atoms with van der Waals surface area (Å²) in [4.78, 5) is 16.7. The molecule has 1 N–H and O–H groups in total. The van der Waals surface area contributed by atoms with Gasteiger partial charge in [0.15, 0.2) is 5.82 Å². The van der Waals surface area contributed by atoms with Crippen LogP contribution in [0.25, 0.3) is 5.82 Å². The molecule has 25 heavy (non-hydrogen) atoms. The van der Waals surface area contributed by atoms with Crippen molar-refractivity contribution < 1.29 is 9.21 Å². The van der Waals surface area contributed by atoms with Crippen molar-refractivity contribution in [3.8, 4) is 5.82 Å². The first-order valence-electron chi connectivity index (χ1n) is 8.61. The van der Waals surface area contributed by atoms with E-state index < -0.39 is 0 Å². The highest BCUT2D eigenvalue weighted by atomic mass is 16.3. The Bertz CT molecular complexity index is 840. The largest absolute Gasteiger partial charge is 0.469 e. The van der Waals surface area contributed by atoms with Crippen molar-refractivity contribution in [2.75, 3.05) is 0 Å². The van der Waals surface area contributed by atoms with E-state index in [1.165, 1.54) is 0 Å². The van der Waals surface area contributed by atoms with Crippen molar-refractivity contribution in [1.29, 1.82) is 0 Å². The zero-order chi connectivity index (χ0) is 17.1. The number of aromatic nitrogens is 3. The summed E-state index contributed by atoms with van der Waals surface area (Å²) >= 11 is 0. The molecule has 0 bridgehead atoms. The SMILES string of the molecule is O=C(CCc1ccco1)N[C@H]1CCCc2c1cnn2-c1ccccn1. The van der Waals surface area contributed by atoms with Gasteiger partial charge in [0.1, 0.15) is 5.76 Å². The van der Waals surface area contributed by atoms with E-state index >= 15 is 0 Å². The van der Waals surface area contributed by atoms with Gasteiger partial charge in [0.25, 0.3) is 0 Å². The van der Waals surface area contributed by atoms with Gasteiger partial charge in [-0.2, -0.15) is 5.10 Å². The number of fused-ring (bicyclic) bond motifs is 1. The summed E-state index contributed by atoms with van der Waals surface area (Å²) in [5, 5.41) is 7.65. The summed E-state index contributed by atoms with van der Waals surface area (Å²) in [7, 11) is 0. The van der Waals surface area contributed by atoms with Crippen LogP contribution in [-0.4, -0.2) is 20.7 Å². The van der Waals surface area contributed by atoms with E-state index in [2.05, 4.69) is 15.4 Å². The quantitative estimate of drug-likeness (QED) is 0.777. The van der Waals surface area contributed by atoms with Gasteiger partial charge in [-0.05, 0) is 43.5 Å². The molecule has 6 nitrogen and oxygen atoms in total. The fraction of sp³-hybridized carbons (Fsp3) is 0.316. The molecule has 128 valence electrons. The minimum Gasteiger partial charge on any atom is -0.469 e. The Morgan fingerprint density at radius 3 is 3.08 bits per heavy atom. The van der Waals surface area contributed by atoms with Crippen LogP contribution in [0.1, 0.15) is 42.3 Å². The molecule has 0 radical (unpaired) electrons. The maximum atomic E-state index is 12.3. The second kappa shape index (κ2) is 6.93. The third-order valence-electron chi connectivity index (χ3n) is 4.56. The van der Waals surface area contributed by atoms with Crippen molar-refractivity contribution in [3.63, 3.8) is 0 Å². The van der Waals surface area contributed by atoms with Crippen molar-refractivity contribution >= 4 is 5.91 Å². The molecule has 0 saturated heterocycles. The van der Waals surface area contributed by atoms with E-state index in [4.69, 9.17) is 4.42 Å². The second-order valence-corrected chi connectivity index (χ2v) is 6.24. The number of pyridine rings is 1. The monoisotopic (exact) mass is 336 g/mol. The average Bonchev–Trinajstić information content (AvgIpc) is 3.31. The maximum absolute atomic E-state index is 12.3. The van der Waals surface area contributed by atoms with Gasteiger partial charge in [-0.1, -0.05) is 6.07 Å². The smallest absolute Gasteiger partial charge is 0.220 e. The second-order valence-electron chi connectivity index (χ2n) is 6.24. The average molecular weight is 336 g/mol. The van der Waals surface area contributed by atoms with Crippen molar-refractivity contribution in [2.45, 2.75) is 38.1 Å². The standard InChI is InChI=1S/C19H20N4O2/c24-19(10-9-14-5-4-12-25-14)22-16-6-3-7-17-15(16)13-21-23(17)18-8-1-2-11-20-18/h1-2,4-5,8,11-13,16H,3,6-7,9-10H2,(H,22,24)/t16-/m0/s1. The van der Waals surface area contributed by atoms with Crippen LogP contribution in [0.5, 0.6) is 0 Å². The Balaban J connectivity index is 1.47. The predicted molar refractivity (Wildman–Crippen MR) is 92.2 cm³/mol. The Morgan fingerprint density at radius 2 is 2.28 bits per heavy atom. The number of hydrogen-bond donors (Lipinski definition) is 1. The third-order valence-corrected chi connectivity index (χ3v) is 4.56. The molecule has 0 aliphatic heterocycles. The molecule has 0 spiro atoms. The number of furan rings is 1. The molecule has 1 aliphatic carbocycles. The lowest BCUT2D eigenvalue weighted by Gasteiger charge is -2.24. The molecule has 6 heteroatoms. The normalized spacial score (nSPS) is 16.4. The summed E-state index contributed by atoms with van der Waals surface area (Å²) in [6.45, 7) is 0. The number of nitrogens with one attached hydrogen (secondary N) is 1. The van der Waals surface area contributed by atoms with Crippen LogP contribution in [0.4, 0.5) is 0 Å². The molecule has 0 unspecified atom stereocenters. The van der Waals surface area contributed by atoms with Crippen LogP contribution in [0.3, 0.4) is 0 Å². The highest BCUT2D eigenvalue weighted by Crippen LogP contribution is 2.30. The van der Waals surface area contributed by atoms with E-state index in [0.29, 0.717) is 12.8 Å². The Hall–Kier alpha value is -2.89. The molecule has 3 aromatic heterocycles. The highest BCUT2D eigenvalue weighted by molar-refractivity contribution is 5.76. The molecule has 0 saturated carbocycles. The Kier molecular flexibility index (Phi) is 4.33. The molecular weight excluding hydrogens is 316 g/mol. The van der Waals surface area contributed by atoms with Crippen LogP contribution >= 0.6 is 0 Å². The molecular formula is C19H20N4O2. The third kappa shape index (κ3) is 3.33. The topological polar surface area (TPSA) is 73.0 Å². The van der Waals surface area contributed by atoms with Crippen LogP contribution < -0.4 is 5.32 Å². The minimum atomic E-state index is 0.0188. The van der Waals surface area contributed by atoms with Gasteiger partial charge in [-0.15, -0.1) is 0 Å². The van der Waals surface area contributed by atoms with Gasteiger partial charge in [0, 0.05) is 24.6 Å². The van der Waals surface area contributed by atoms with Crippen LogP contribution in [0.15, 0.2) is 53.4 Å². The van der Waals surface area contributed by atoms with E-state index in [9.17, 15) is 4.79 Å². The number of aryl methyl sites for hydroxylation is 1. The molecule has 4 rings (SSSR count). The fourth-order valence-electron chi connectivity index (χ4n) is 3.34. The van der Waals surface area contributed by atoms with Crippen LogP contribution in [0, 0.1) is 0 Å². The van der Waals surface area contributed by atoms with E-state index in [0.717, 1.165) is 42.1 Å². The number of carbonyl (C=O) groups is 1. The molecule has 3 aromatic rings. The van der Waals surface area contributed by atoms with E-state index in [1.807, 2.05) is 41.2 Å². The number of hydrogen-bond acceptors (Lipinski definition) is 4. The highest BCUT2D eigenvalue weighted by Gasteiger charge is 2.26. The van der Waals surface area contributed by atoms with Gasteiger partial charge >= 0.3 is 0 Å². The van der Waals surface area contributed by atoms with Gasteiger partial charge in [-0.3, -0.25) is 4.79 Å². The summed E-state index contributed by atoms with van der Waals surface area (Å²) in [5.74, 6) is 1.69. The lowest BCUT2D eigenvalue weighted by Crippen LogP contribution is -2.31. The zero-order valence-corrected chi connectivity index (χ0v) is 13.9. The van der Waals surface area contributed by atoms with Crippen LogP contribution in [-0.2, 0) is 17.6 Å². The number of amides is 1. The first-order chi connectivity index (χ1) is 12.3. The van der Waals surface area contributed by atoms with Gasteiger partial charge < -0.3 is 9.73 Å². The van der Waals surface area contributed by atoms with E-state index in [-0.39, 0.29) is 11.9 Å². The molecule has 3 heterocycles. The zero-order valence-electron chi connectivity index (χ0n) is 13.9. The molecule has 1 amide bonds. The molecule has 0 fully saturated rings. The lowest BCUT2D eigenvalue weighted by atomic mass is 9.92. The van der Waals surface area contributed by atoms with Crippen molar-refractivity contribution in [1.82, 2.24) is 20.1 Å². The van der Waals surface area contributed by atoms with Gasteiger partial charge in [0.05, 0.1) is 24.2 Å². The maximum Gasteiger partial charge on any atom is 0.220 e. The molecule has 0 aromatic carbocycles. The Morgan fingerprint density at radius 1 is 1.32 bits per heavy atom. The van der Waals surface area contributed by atoms with Crippen molar-refractivity contribution in [3.05, 3.63) is 66.0 Å². The number of carbonyl (C=O) groups excluding carboxylic acids is 1. The first-order valence-corrected chi connectivity index (χ1v) is 8.61. The fourth-order valence-corrected chi connectivity index (χ4v) is 3.34. The summed E-state index contributed by atoms with van der Waals surface area (Å²) in [5.41, 5.74) is 2.24. The number of nitrogens with zero attached hydrogens (tertiary/aromatic N) is 3. The van der Waals surface area contributed by atoms with Crippen molar-refractivity contribution in [2.24, 2.45) is 0 Å². The predicted octanol–water partition coefficient (Wildman–Crippen LogP) is 2.99. The molecule has 1 atom stereocenters. The number of rotatable bonds is 5. The summed E-state index contributed by atoms with van der Waals surface area (Å²) in [6.07, 6.45) is 9.21. The van der Waals surface area contributed by atoms with Crippen LogP contribution in [0.2, 0.25) is 0 Å². The summed E-state index contributed by atoms with van der Waals surface area (Å²) in [6, 6.07) is 9.54. The first kappa shape index (κ1) is 15.6.